The molecule has 0 aliphatic carbocycles. The molecule has 166 valence electrons. The highest BCUT2D eigenvalue weighted by Gasteiger charge is 2.27. The van der Waals surface area contributed by atoms with Crippen LogP contribution in [0.5, 0.6) is 0 Å². The van der Waals surface area contributed by atoms with E-state index in [1.807, 2.05) is 35.7 Å². The largest absolute Gasteiger partial charge is 0.411 e. The average Bonchev–Trinajstić information content (AvgIpc) is 3.16. The van der Waals surface area contributed by atoms with Crippen molar-refractivity contribution in [3.63, 3.8) is 0 Å². The second-order valence-electron chi connectivity index (χ2n) is 7.08. The van der Waals surface area contributed by atoms with Gasteiger partial charge >= 0.3 is 12.2 Å². The van der Waals surface area contributed by atoms with E-state index >= 15 is 0 Å². The first-order chi connectivity index (χ1) is 14.9. The Morgan fingerprint density at radius 2 is 1.87 bits per heavy atom. The van der Waals surface area contributed by atoms with Gasteiger partial charge in [-0.1, -0.05) is 43.7 Å². The van der Waals surface area contributed by atoms with Gasteiger partial charge in [-0.3, -0.25) is 4.40 Å². The number of carbonyl (C=O) groups is 1. The number of rotatable bonds is 9. The zero-order chi connectivity index (χ0) is 22.3. The summed E-state index contributed by atoms with van der Waals surface area (Å²) in [6.45, 7) is 0.889. The van der Waals surface area contributed by atoms with Crippen molar-refractivity contribution in [1.29, 1.82) is 0 Å². The lowest BCUT2D eigenvalue weighted by molar-refractivity contribution is -0.176. The molecule has 1 atom stereocenters. The number of hydrogen-bond donors (Lipinski definition) is 2. The van der Waals surface area contributed by atoms with Crippen LogP contribution in [0.15, 0.2) is 48.7 Å². The molecule has 31 heavy (non-hydrogen) atoms. The van der Waals surface area contributed by atoms with Crippen molar-refractivity contribution in [3.05, 3.63) is 65.6 Å². The predicted molar refractivity (Wildman–Crippen MR) is 108 cm³/mol. The topological polar surface area (TPSA) is 80.5 Å². The third kappa shape index (κ3) is 6.68. The van der Waals surface area contributed by atoms with E-state index in [1.165, 1.54) is 0 Å². The Kier molecular flexibility index (Phi) is 7.45. The molecule has 1 aromatic carbocycles. The number of ether oxygens (including phenoxy) is 1. The van der Waals surface area contributed by atoms with Crippen LogP contribution in [0.3, 0.4) is 0 Å². The van der Waals surface area contributed by atoms with Gasteiger partial charge < -0.3 is 15.4 Å². The molecule has 1 unspecified atom stereocenters. The second kappa shape index (κ2) is 10.3. The van der Waals surface area contributed by atoms with Crippen molar-refractivity contribution in [2.75, 3.05) is 6.61 Å². The summed E-state index contributed by atoms with van der Waals surface area (Å²) in [4.78, 5) is 12.4. The first kappa shape index (κ1) is 22.5. The van der Waals surface area contributed by atoms with E-state index in [9.17, 15) is 18.0 Å². The number of amides is 2. The van der Waals surface area contributed by atoms with Gasteiger partial charge in [-0.15, -0.1) is 10.2 Å². The lowest BCUT2D eigenvalue weighted by atomic mass is 10.1. The van der Waals surface area contributed by atoms with Crippen molar-refractivity contribution in [3.8, 4) is 0 Å². The normalized spacial score (nSPS) is 12.6. The van der Waals surface area contributed by atoms with Crippen molar-refractivity contribution in [2.24, 2.45) is 0 Å². The van der Waals surface area contributed by atoms with Gasteiger partial charge in [0, 0.05) is 12.7 Å². The predicted octanol–water partition coefficient (Wildman–Crippen LogP) is 4.15. The van der Waals surface area contributed by atoms with Crippen LogP contribution >= 0.6 is 0 Å². The summed E-state index contributed by atoms with van der Waals surface area (Å²) in [7, 11) is 0. The van der Waals surface area contributed by atoms with Crippen LogP contribution in [-0.2, 0) is 17.9 Å². The number of nitrogens with one attached hydrogen (secondary N) is 2. The maximum atomic E-state index is 12.4. The molecule has 2 N–H and O–H groups in total. The highest BCUT2D eigenvalue weighted by atomic mass is 19.4. The lowest BCUT2D eigenvalue weighted by Gasteiger charge is -2.17. The van der Waals surface area contributed by atoms with E-state index in [2.05, 4.69) is 25.6 Å². The van der Waals surface area contributed by atoms with Crippen LogP contribution in [0, 0.1) is 0 Å². The molecule has 3 rings (SSSR count). The number of hydrogen-bond acceptors (Lipinski definition) is 4. The van der Waals surface area contributed by atoms with E-state index in [-0.39, 0.29) is 25.2 Å². The van der Waals surface area contributed by atoms with Crippen molar-refractivity contribution in [1.82, 2.24) is 25.2 Å². The van der Waals surface area contributed by atoms with Crippen LogP contribution in [0.4, 0.5) is 18.0 Å². The molecule has 0 spiro atoms. The van der Waals surface area contributed by atoms with Crippen molar-refractivity contribution >= 4 is 11.7 Å². The average molecular weight is 435 g/mol. The number of nitrogens with zero attached hydrogens (tertiary/aromatic N) is 3. The van der Waals surface area contributed by atoms with Crippen LogP contribution < -0.4 is 10.6 Å². The third-order valence-corrected chi connectivity index (χ3v) is 4.54. The van der Waals surface area contributed by atoms with Gasteiger partial charge in [0.15, 0.2) is 11.5 Å². The minimum absolute atomic E-state index is 0.126. The Labute approximate surface area is 177 Å². The summed E-state index contributed by atoms with van der Waals surface area (Å²) < 4.78 is 42.9. The summed E-state index contributed by atoms with van der Waals surface area (Å²) in [6, 6.07) is 11.8. The first-order valence-electron chi connectivity index (χ1n) is 9.92. The minimum atomic E-state index is -4.34. The molecule has 2 heterocycles. The molecule has 0 bridgehead atoms. The second-order valence-corrected chi connectivity index (χ2v) is 7.08. The van der Waals surface area contributed by atoms with Gasteiger partial charge in [-0.05, 0) is 29.7 Å². The Hall–Kier alpha value is -3.14. The Morgan fingerprint density at radius 1 is 1.13 bits per heavy atom. The SMILES string of the molecule is CCCC(NC(=O)NCc1ccc(COCC(F)(F)F)cc1)c1nnc2ccccn12. The summed E-state index contributed by atoms with van der Waals surface area (Å²) in [5, 5.41) is 14.1. The van der Waals surface area contributed by atoms with Gasteiger partial charge in [0.1, 0.15) is 6.61 Å². The summed E-state index contributed by atoms with van der Waals surface area (Å²) in [5.41, 5.74) is 2.15. The fraction of sp³-hybridized carbons (Fsp3) is 0.381. The molecule has 3 aromatic rings. The highest BCUT2D eigenvalue weighted by Crippen LogP contribution is 2.18. The van der Waals surface area contributed by atoms with E-state index in [4.69, 9.17) is 0 Å². The number of carbonyl (C=O) groups excluding carboxylic acids is 1. The lowest BCUT2D eigenvalue weighted by Crippen LogP contribution is -2.38. The first-order valence-corrected chi connectivity index (χ1v) is 9.92. The monoisotopic (exact) mass is 435 g/mol. The minimum Gasteiger partial charge on any atom is -0.367 e. The zero-order valence-corrected chi connectivity index (χ0v) is 17.0. The maximum Gasteiger partial charge on any atom is 0.411 e. The van der Waals surface area contributed by atoms with E-state index in [1.54, 1.807) is 24.3 Å². The van der Waals surface area contributed by atoms with Gasteiger partial charge in [-0.2, -0.15) is 13.2 Å². The van der Waals surface area contributed by atoms with E-state index < -0.39 is 12.8 Å². The maximum absolute atomic E-state index is 12.4. The fourth-order valence-electron chi connectivity index (χ4n) is 3.08. The molecule has 2 aromatic heterocycles. The Bertz CT molecular complexity index is 989. The number of urea groups is 1. The zero-order valence-electron chi connectivity index (χ0n) is 17.0. The number of halogens is 3. The molecular formula is C21H24F3N5O2. The van der Waals surface area contributed by atoms with Crippen LogP contribution in [-0.4, -0.2) is 33.4 Å². The van der Waals surface area contributed by atoms with Crippen LogP contribution in [0.25, 0.3) is 5.65 Å². The molecule has 0 aliphatic heterocycles. The van der Waals surface area contributed by atoms with E-state index in [0.29, 0.717) is 23.5 Å². The Balaban J connectivity index is 1.52. The van der Waals surface area contributed by atoms with Gasteiger partial charge in [0.2, 0.25) is 0 Å². The van der Waals surface area contributed by atoms with Crippen molar-refractivity contribution < 1.29 is 22.7 Å². The van der Waals surface area contributed by atoms with Gasteiger partial charge in [-0.25, -0.2) is 4.79 Å². The number of aromatic nitrogens is 3. The molecule has 7 nitrogen and oxygen atoms in total. The third-order valence-electron chi connectivity index (χ3n) is 4.54. The van der Waals surface area contributed by atoms with Crippen LogP contribution in [0.2, 0.25) is 0 Å². The molecule has 0 aliphatic rings. The molecule has 10 heteroatoms. The number of benzene rings is 1. The molecule has 0 saturated heterocycles. The molecule has 2 amide bonds. The molecular weight excluding hydrogens is 411 g/mol. The van der Waals surface area contributed by atoms with Gasteiger partial charge in [0.05, 0.1) is 12.6 Å². The summed E-state index contributed by atoms with van der Waals surface area (Å²) >= 11 is 0. The number of fused-ring (bicyclic) bond motifs is 1. The Morgan fingerprint density at radius 3 is 2.58 bits per heavy atom. The van der Waals surface area contributed by atoms with Gasteiger partial charge in [0.25, 0.3) is 0 Å². The van der Waals surface area contributed by atoms with Crippen molar-refractivity contribution in [2.45, 2.75) is 45.1 Å². The standard InChI is InChI=1S/C21H24F3N5O2/c1-2-5-17(19-28-27-18-6-3-4-11-29(18)19)26-20(30)25-12-15-7-9-16(10-8-15)13-31-14-21(22,23)24/h3-4,6-11,17H,2,5,12-14H2,1H3,(H2,25,26,30). The van der Waals surface area contributed by atoms with Crippen LogP contribution in [0.1, 0.15) is 42.8 Å². The molecule has 0 radical (unpaired) electrons. The quantitative estimate of drug-likeness (QED) is 0.529. The molecule has 0 saturated carbocycles. The number of pyridine rings is 1. The number of alkyl halides is 3. The summed E-state index contributed by atoms with van der Waals surface area (Å²) in [6.07, 6.45) is -0.932. The fourth-order valence-corrected chi connectivity index (χ4v) is 3.08. The molecule has 0 fully saturated rings. The van der Waals surface area contributed by atoms with E-state index in [0.717, 1.165) is 12.0 Å². The smallest absolute Gasteiger partial charge is 0.367 e. The highest BCUT2D eigenvalue weighted by molar-refractivity contribution is 5.74. The summed E-state index contributed by atoms with van der Waals surface area (Å²) in [5.74, 6) is 0.663.